The number of likely N-dealkylation sites (tertiary alicyclic amines) is 1. The van der Waals surface area contributed by atoms with E-state index < -0.39 is 21.1 Å². The van der Waals surface area contributed by atoms with Crippen LogP contribution < -0.4 is 0 Å². The molecule has 1 saturated heterocycles. The van der Waals surface area contributed by atoms with Crippen LogP contribution in [0.25, 0.3) is 0 Å². The average molecular weight is 357 g/mol. The zero-order valence-electron chi connectivity index (χ0n) is 14.3. The Bertz CT molecular complexity index is 819. The fourth-order valence-corrected chi connectivity index (χ4v) is 5.54. The third-order valence-corrected chi connectivity index (χ3v) is 6.95. The van der Waals surface area contributed by atoms with Crippen molar-refractivity contribution in [1.82, 2.24) is 4.90 Å². The lowest BCUT2D eigenvalue weighted by Crippen LogP contribution is -2.48. The van der Waals surface area contributed by atoms with E-state index in [0.717, 1.165) is 12.0 Å². The number of piperidine rings is 1. The molecule has 1 aliphatic rings. The van der Waals surface area contributed by atoms with Crippen LogP contribution in [0.5, 0.6) is 0 Å². The summed E-state index contributed by atoms with van der Waals surface area (Å²) < 4.78 is 26.6. The maximum absolute atomic E-state index is 13.3. The molecule has 0 aromatic heterocycles. The van der Waals surface area contributed by atoms with Crippen LogP contribution in [0, 0.1) is 0 Å². The van der Waals surface area contributed by atoms with Gasteiger partial charge in [-0.2, -0.15) is 0 Å². The molecule has 0 bridgehead atoms. The second-order valence-corrected chi connectivity index (χ2v) is 8.54. The molecule has 1 fully saturated rings. The fraction of sp³-hybridized carbons (Fsp3) is 0.350. The van der Waals surface area contributed by atoms with Gasteiger partial charge in [0.1, 0.15) is 0 Å². The number of benzene rings is 2. The van der Waals surface area contributed by atoms with E-state index in [0.29, 0.717) is 17.9 Å². The number of carbonyl (C=O) groups is 1. The molecule has 4 nitrogen and oxygen atoms in total. The molecule has 2 aromatic carbocycles. The summed E-state index contributed by atoms with van der Waals surface area (Å²) in [6, 6.07) is 17.6. The van der Waals surface area contributed by atoms with Crippen molar-refractivity contribution >= 4 is 15.7 Å². The summed E-state index contributed by atoms with van der Waals surface area (Å²) in [5, 5.41) is -0.624. The van der Waals surface area contributed by atoms with Crippen LogP contribution in [0.3, 0.4) is 0 Å². The van der Waals surface area contributed by atoms with Gasteiger partial charge in [0.2, 0.25) is 5.91 Å². The van der Waals surface area contributed by atoms with Gasteiger partial charge >= 0.3 is 0 Å². The normalized spacial score (nSPS) is 21.3. The number of nitrogens with zero attached hydrogens (tertiary/aromatic N) is 1. The second-order valence-electron chi connectivity index (χ2n) is 6.38. The zero-order valence-corrected chi connectivity index (χ0v) is 15.2. The van der Waals surface area contributed by atoms with E-state index in [1.807, 2.05) is 43.3 Å². The van der Waals surface area contributed by atoms with Crippen LogP contribution in [-0.2, 0) is 14.6 Å². The van der Waals surface area contributed by atoms with E-state index in [2.05, 4.69) is 0 Å². The number of amides is 1. The number of rotatable bonds is 5. The van der Waals surface area contributed by atoms with Crippen LogP contribution in [-0.4, -0.2) is 31.0 Å². The van der Waals surface area contributed by atoms with E-state index in [1.165, 1.54) is 0 Å². The molecule has 5 heteroatoms. The molecule has 132 valence electrons. The van der Waals surface area contributed by atoms with Gasteiger partial charge in [-0.05, 0) is 30.5 Å². The molecule has 25 heavy (non-hydrogen) atoms. The molecule has 0 spiro atoms. The number of hydrogen-bond acceptors (Lipinski definition) is 3. The topological polar surface area (TPSA) is 54.5 Å². The highest BCUT2D eigenvalue weighted by Crippen LogP contribution is 2.38. The van der Waals surface area contributed by atoms with Crippen molar-refractivity contribution < 1.29 is 13.2 Å². The minimum absolute atomic E-state index is 0.0372. The predicted molar refractivity (Wildman–Crippen MR) is 97.8 cm³/mol. The van der Waals surface area contributed by atoms with Crippen molar-refractivity contribution in [3.63, 3.8) is 0 Å². The molecule has 3 rings (SSSR count). The summed E-state index contributed by atoms with van der Waals surface area (Å²) >= 11 is 0. The number of carbonyl (C=O) groups excluding carboxylic acids is 1. The van der Waals surface area contributed by atoms with E-state index in [-0.39, 0.29) is 12.3 Å². The Morgan fingerprint density at radius 1 is 1.00 bits per heavy atom. The van der Waals surface area contributed by atoms with Gasteiger partial charge in [-0.1, -0.05) is 55.5 Å². The van der Waals surface area contributed by atoms with Crippen molar-refractivity contribution in [3.05, 3.63) is 66.2 Å². The molecule has 1 heterocycles. The highest BCUT2D eigenvalue weighted by molar-refractivity contribution is 7.92. The maximum atomic E-state index is 13.3. The number of hydrogen-bond donors (Lipinski definition) is 0. The minimum atomic E-state index is -3.53. The SMILES string of the molecule is CCCN1C(=O)CC[C@@H](S(=O)(=O)c2ccccc2)[C@@H]1c1ccccc1. The summed E-state index contributed by atoms with van der Waals surface area (Å²) in [7, 11) is -3.53. The Morgan fingerprint density at radius 2 is 1.60 bits per heavy atom. The fourth-order valence-electron chi connectivity index (χ4n) is 3.58. The Hall–Kier alpha value is -2.14. The standard InChI is InChI=1S/C20H23NO3S/c1-2-15-21-19(22)14-13-18(20(21)16-9-5-3-6-10-16)25(23,24)17-11-7-4-8-12-17/h3-12,18,20H,2,13-15H2,1H3/t18-,20+/m1/s1. The van der Waals surface area contributed by atoms with Gasteiger partial charge in [-0.25, -0.2) is 8.42 Å². The van der Waals surface area contributed by atoms with Crippen molar-refractivity contribution in [2.45, 2.75) is 42.4 Å². The predicted octanol–water partition coefficient (Wildman–Crippen LogP) is 3.60. The Kier molecular flexibility index (Phi) is 5.23. The van der Waals surface area contributed by atoms with Gasteiger partial charge in [0.15, 0.2) is 9.84 Å². The maximum Gasteiger partial charge on any atom is 0.223 e. The Labute approximate surface area is 149 Å². The summed E-state index contributed by atoms with van der Waals surface area (Å²) in [6.45, 7) is 2.57. The van der Waals surface area contributed by atoms with Gasteiger partial charge in [-0.15, -0.1) is 0 Å². The summed E-state index contributed by atoms with van der Waals surface area (Å²) in [6.07, 6.45) is 1.43. The molecule has 2 atom stereocenters. The van der Waals surface area contributed by atoms with Crippen LogP contribution in [0.15, 0.2) is 65.6 Å². The molecule has 0 aliphatic carbocycles. The van der Waals surface area contributed by atoms with Crippen LogP contribution >= 0.6 is 0 Å². The Balaban J connectivity index is 2.08. The largest absolute Gasteiger partial charge is 0.334 e. The molecule has 0 saturated carbocycles. The molecule has 0 N–H and O–H groups in total. The molecule has 0 unspecified atom stereocenters. The minimum Gasteiger partial charge on any atom is -0.334 e. The van der Waals surface area contributed by atoms with Crippen LogP contribution in [0.1, 0.15) is 37.8 Å². The lowest BCUT2D eigenvalue weighted by Gasteiger charge is -2.41. The second kappa shape index (κ2) is 7.40. The molecule has 1 amide bonds. The summed E-state index contributed by atoms with van der Waals surface area (Å²) in [5.74, 6) is 0.0372. The Morgan fingerprint density at radius 3 is 2.20 bits per heavy atom. The van der Waals surface area contributed by atoms with Gasteiger partial charge in [0, 0.05) is 13.0 Å². The number of sulfone groups is 1. The first kappa shape index (κ1) is 17.7. The van der Waals surface area contributed by atoms with E-state index in [4.69, 9.17) is 0 Å². The van der Waals surface area contributed by atoms with Crippen molar-refractivity contribution in [2.75, 3.05) is 6.54 Å². The molecule has 0 radical (unpaired) electrons. The van der Waals surface area contributed by atoms with Gasteiger partial charge in [-0.3, -0.25) is 4.79 Å². The van der Waals surface area contributed by atoms with Gasteiger partial charge in [0.25, 0.3) is 0 Å². The quantitative estimate of drug-likeness (QED) is 0.821. The van der Waals surface area contributed by atoms with Gasteiger partial charge < -0.3 is 4.90 Å². The lowest BCUT2D eigenvalue weighted by molar-refractivity contribution is -0.136. The monoisotopic (exact) mass is 357 g/mol. The van der Waals surface area contributed by atoms with Crippen LogP contribution in [0.2, 0.25) is 0 Å². The summed E-state index contributed by atoms with van der Waals surface area (Å²) in [4.78, 5) is 14.6. The van der Waals surface area contributed by atoms with E-state index in [1.54, 1.807) is 29.2 Å². The van der Waals surface area contributed by atoms with Crippen LogP contribution in [0.4, 0.5) is 0 Å². The first-order chi connectivity index (χ1) is 12.1. The molecule has 1 aliphatic heterocycles. The molecule has 2 aromatic rings. The first-order valence-corrected chi connectivity index (χ1v) is 10.2. The highest BCUT2D eigenvalue weighted by Gasteiger charge is 2.43. The highest BCUT2D eigenvalue weighted by atomic mass is 32.2. The zero-order chi connectivity index (χ0) is 17.9. The van der Waals surface area contributed by atoms with E-state index in [9.17, 15) is 13.2 Å². The van der Waals surface area contributed by atoms with Crippen molar-refractivity contribution in [2.24, 2.45) is 0 Å². The van der Waals surface area contributed by atoms with Crippen molar-refractivity contribution in [1.29, 1.82) is 0 Å². The molecular weight excluding hydrogens is 334 g/mol. The lowest BCUT2D eigenvalue weighted by atomic mass is 9.94. The summed E-state index contributed by atoms with van der Waals surface area (Å²) in [5.41, 5.74) is 0.883. The van der Waals surface area contributed by atoms with E-state index >= 15 is 0 Å². The average Bonchev–Trinajstić information content (AvgIpc) is 2.64. The molecular formula is C20H23NO3S. The third kappa shape index (κ3) is 3.47. The van der Waals surface area contributed by atoms with Gasteiger partial charge in [0.05, 0.1) is 16.2 Å². The third-order valence-electron chi connectivity index (χ3n) is 4.73. The van der Waals surface area contributed by atoms with Crippen molar-refractivity contribution in [3.8, 4) is 0 Å². The smallest absolute Gasteiger partial charge is 0.223 e. The first-order valence-electron chi connectivity index (χ1n) is 8.69.